The van der Waals surface area contributed by atoms with Crippen LogP contribution in [-0.2, 0) is 4.79 Å². The number of carbonyl (C=O) groups is 1. The van der Waals surface area contributed by atoms with Gasteiger partial charge in [-0.15, -0.1) is 10.2 Å². The maximum absolute atomic E-state index is 11.5. The molecule has 0 aromatic carbocycles. The van der Waals surface area contributed by atoms with Crippen LogP contribution in [0.3, 0.4) is 0 Å². The average Bonchev–Trinajstić information content (AvgIpc) is 2.93. The van der Waals surface area contributed by atoms with Gasteiger partial charge in [0.05, 0.1) is 5.75 Å². The fraction of sp³-hybridized carbons (Fsp3) is 0.667. The number of nitrogens with one attached hydrogen (secondary N) is 1. The summed E-state index contributed by atoms with van der Waals surface area (Å²) in [6, 6.07) is 0.326. The van der Waals surface area contributed by atoms with Crippen molar-refractivity contribution in [2.24, 2.45) is 5.92 Å². The Labute approximate surface area is 96.9 Å². The van der Waals surface area contributed by atoms with E-state index in [1.54, 1.807) is 5.51 Å². The quantitative estimate of drug-likeness (QED) is 0.797. The third kappa shape index (κ3) is 3.46. The number of carbonyl (C=O) groups excluding carboxylic acids is 1. The number of amides is 1. The van der Waals surface area contributed by atoms with Crippen molar-refractivity contribution in [2.75, 3.05) is 5.75 Å². The highest BCUT2D eigenvalue weighted by Crippen LogP contribution is 2.32. The first-order valence-corrected chi connectivity index (χ1v) is 6.80. The van der Waals surface area contributed by atoms with Gasteiger partial charge in [0.15, 0.2) is 4.34 Å². The molecule has 4 nitrogen and oxygen atoms in total. The predicted molar refractivity (Wildman–Crippen MR) is 61.0 cm³/mol. The van der Waals surface area contributed by atoms with E-state index in [0.717, 1.165) is 4.34 Å². The lowest BCUT2D eigenvalue weighted by Crippen LogP contribution is -2.35. The monoisotopic (exact) mass is 243 g/mol. The highest BCUT2D eigenvalue weighted by Gasteiger charge is 2.28. The van der Waals surface area contributed by atoms with E-state index < -0.39 is 0 Å². The van der Waals surface area contributed by atoms with Crippen molar-refractivity contribution < 1.29 is 4.79 Å². The molecular weight excluding hydrogens is 230 g/mol. The zero-order chi connectivity index (χ0) is 10.7. The van der Waals surface area contributed by atoms with Crippen LogP contribution in [0.5, 0.6) is 0 Å². The van der Waals surface area contributed by atoms with E-state index in [-0.39, 0.29) is 5.91 Å². The molecule has 1 unspecified atom stereocenters. The topological polar surface area (TPSA) is 54.9 Å². The van der Waals surface area contributed by atoms with E-state index in [0.29, 0.717) is 17.7 Å². The van der Waals surface area contributed by atoms with Gasteiger partial charge >= 0.3 is 0 Å². The Bertz CT molecular complexity index is 324. The number of nitrogens with zero attached hydrogens (tertiary/aromatic N) is 2. The second-order valence-corrected chi connectivity index (χ2v) is 5.74. The van der Waals surface area contributed by atoms with Crippen LogP contribution in [-0.4, -0.2) is 27.9 Å². The molecule has 0 bridgehead atoms. The molecule has 6 heteroatoms. The molecular formula is C9H13N3OS2. The largest absolute Gasteiger partial charge is 0.353 e. The van der Waals surface area contributed by atoms with Gasteiger partial charge in [-0.1, -0.05) is 23.1 Å². The second-order valence-electron chi connectivity index (χ2n) is 3.69. The fourth-order valence-electron chi connectivity index (χ4n) is 1.36. The predicted octanol–water partition coefficient (Wildman–Crippen LogP) is 1.54. The number of rotatable bonds is 5. The van der Waals surface area contributed by atoms with E-state index >= 15 is 0 Å². The van der Waals surface area contributed by atoms with Crippen molar-refractivity contribution in [1.82, 2.24) is 15.5 Å². The highest BCUT2D eigenvalue weighted by atomic mass is 32.2. The van der Waals surface area contributed by atoms with Crippen LogP contribution in [0.1, 0.15) is 19.8 Å². The van der Waals surface area contributed by atoms with E-state index in [1.807, 2.05) is 0 Å². The van der Waals surface area contributed by atoms with Crippen LogP contribution < -0.4 is 5.32 Å². The van der Waals surface area contributed by atoms with Gasteiger partial charge < -0.3 is 5.32 Å². The molecule has 1 aliphatic rings. The highest BCUT2D eigenvalue weighted by molar-refractivity contribution is 8.01. The molecule has 1 heterocycles. The van der Waals surface area contributed by atoms with Crippen LogP contribution in [0.4, 0.5) is 0 Å². The number of thioether (sulfide) groups is 1. The first-order valence-electron chi connectivity index (χ1n) is 4.94. The Kier molecular flexibility index (Phi) is 3.58. The van der Waals surface area contributed by atoms with Gasteiger partial charge in [0.2, 0.25) is 5.91 Å². The summed E-state index contributed by atoms with van der Waals surface area (Å²) in [6.07, 6.45) is 2.51. The molecule has 15 heavy (non-hydrogen) atoms. The lowest BCUT2D eigenvalue weighted by molar-refractivity contribution is -0.119. The molecule has 1 atom stereocenters. The van der Waals surface area contributed by atoms with E-state index in [4.69, 9.17) is 0 Å². The molecule has 1 fully saturated rings. The Morgan fingerprint density at radius 3 is 3.20 bits per heavy atom. The zero-order valence-electron chi connectivity index (χ0n) is 8.47. The van der Waals surface area contributed by atoms with Crippen molar-refractivity contribution in [2.45, 2.75) is 30.1 Å². The number of aromatic nitrogens is 2. The standard InChI is InChI=1S/C9H13N3OS2/c1-6(7-2-3-7)11-8(13)4-14-9-12-10-5-15-9/h5-7H,2-4H2,1H3,(H,11,13). The summed E-state index contributed by atoms with van der Waals surface area (Å²) in [4.78, 5) is 11.5. The van der Waals surface area contributed by atoms with Crippen molar-refractivity contribution in [3.05, 3.63) is 5.51 Å². The van der Waals surface area contributed by atoms with Crippen molar-refractivity contribution in [3.8, 4) is 0 Å². The van der Waals surface area contributed by atoms with Gasteiger partial charge in [-0.2, -0.15) is 0 Å². The summed E-state index contributed by atoms with van der Waals surface area (Å²) in [5.41, 5.74) is 1.67. The first kappa shape index (κ1) is 10.9. The van der Waals surface area contributed by atoms with Crippen LogP contribution in [0.2, 0.25) is 0 Å². The molecule has 1 N–H and O–H groups in total. The Morgan fingerprint density at radius 1 is 1.80 bits per heavy atom. The molecule has 0 radical (unpaired) electrons. The van der Waals surface area contributed by atoms with Crippen molar-refractivity contribution >= 4 is 29.0 Å². The van der Waals surface area contributed by atoms with Gasteiger partial charge in [-0.25, -0.2) is 0 Å². The minimum atomic E-state index is 0.0922. The maximum atomic E-state index is 11.5. The second kappa shape index (κ2) is 4.94. The summed E-state index contributed by atoms with van der Waals surface area (Å²) in [5, 5.41) is 10.6. The third-order valence-corrected chi connectivity index (χ3v) is 4.24. The summed E-state index contributed by atoms with van der Waals surface area (Å²) < 4.78 is 0.851. The lowest BCUT2D eigenvalue weighted by atomic mass is 10.2. The van der Waals surface area contributed by atoms with Gasteiger partial charge in [-0.3, -0.25) is 4.79 Å². The zero-order valence-corrected chi connectivity index (χ0v) is 10.1. The molecule has 0 spiro atoms. The summed E-state index contributed by atoms with van der Waals surface area (Å²) in [5.74, 6) is 1.24. The van der Waals surface area contributed by atoms with Crippen molar-refractivity contribution in [3.63, 3.8) is 0 Å². The summed E-state index contributed by atoms with van der Waals surface area (Å²) in [7, 11) is 0. The molecule has 0 aliphatic heterocycles. The lowest BCUT2D eigenvalue weighted by Gasteiger charge is -2.11. The van der Waals surface area contributed by atoms with E-state index in [2.05, 4.69) is 22.4 Å². The maximum Gasteiger partial charge on any atom is 0.230 e. The summed E-state index contributed by atoms with van der Waals surface area (Å²) in [6.45, 7) is 2.07. The molecule has 1 aliphatic carbocycles. The molecule has 1 saturated carbocycles. The first-order chi connectivity index (χ1) is 7.25. The van der Waals surface area contributed by atoms with E-state index in [9.17, 15) is 4.79 Å². The SMILES string of the molecule is CC(NC(=O)CSc1nncs1)C1CC1. The number of hydrogen-bond acceptors (Lipinski definition) is 5. The van der Waals surface area contributed by atoms with Crippen LogP contribution in [0, 0.1) is 5.92 Å². The van der Waals surface area contributed by atoms with E-state index in [1.165, 1.54) is 35.9 Å². The Hall–Kier alpha value is -0.620. The number of hydrogen-bond donors (Lipinski definition) is 1. The molecule has 1 aromatic heterocycles. The molecule has 0 saturated heterocycles. The van der Waals surface area contributed by atoms with Gasteiger partial charge in [0.25, 0.3) is 0 Å². The molecule has 2 rings (SSSR count). The fourth-order valence-corrected chi connectivity index (χ4v) is 2.66. The normalized spacial score (nSPS) is 17.4. The smallest absolute Gasteiger partial charge is 0.230 e. The average molecular weight is 243 g/mol. The summed E-state index contributed by atoms with van der Waals surface area (Å²) >= 11 is 2.91. The van der Waals surface area contributed by atoms with Crippen molar-refractivity contribution in [1.29, 1.82) is 0 Å². The Balaban J connectivity index is 1.68. The molecule has 1 aromatic rings. The van der Waals surface area contributed by atoms with Gasteiger partial charge in [-0.05, 0) is 25.7 Å². The van der Waals surface area contributed by atoms with Gasteiger partial charge in [0.1, 0.15) is 5.51 Å². The van der Waals surface area contributed by atoms with Crippen LogP contribution >= 0.6 is 23.1 Å². The Morgan fingerprint density at radius 2 is 2.60 bits per heavy atom. The molecule has 82 valence electrons. The molecule has 1 amide bonds. The third-order valence-electron chi connectivity index (χ3n) is 2.38. The van der Waals surface area contributed by atoms with Crippen LogP contribution in [0.15, 0.2) is 9.85 Å². The minimum Gasteiger partial charge on any atom is -0.353 e. The van der Waals surface area contributed by atoms with Crippen LogP contribution in [0.25, 0.3) is 0 Å². The van der Waals surface area contributed by atoms with Gasteiger partial charge in [0, 0.05) is 6.04 Å². The minimum absolute atomic E-state index is 0.0922.